The van der Waals surface area contributed by atoms with Crippen LogP contribution in [0.5, 0.6) is 0 Å². The maximum absolute atomic E-state index is 5.73. The first-order chi connectivity index (χ1) is 7.50. The maximum atomic E-state index is 5.73. The number of aryl methyl sites for hydroxylation is 1. The molecule has 1 aliphatic rings. The van der Waals surface area contributed by atoms with Crippen LogP contribution in [-0.2, 0) is 0 Å². The van der Waals surface area contributed by atoms with Gasteiger partial charge in [0.1, 0.15) is 4.99 Å². The molecule has 0 spiro atoms. The van der Waals surface area contributed by atoms with Crippen LogP contribution in [0.4, 0.5) is 5.69 Å². The van der Waals surface area contributed by atoms with Gasteiger partial charge in [0.25, 0.3) is 0 Å². The molecule has 86 valence electrons. The highest BCUT2D eigenvalue weighted by atomic mass is 32.1. The van der Waals surface area contributed by atoms with Crippen LogP contribution >= 0.6 is 12.2 Å². The zero-order valence-electron chi connectivity index (χ0n) is 9.84. The minimum absolute atomic E-state index is 0.465. The third kappa shape index (κ3) is 2.53. The van der Waals surface area contributed by atoms with Crippen molar-refractivity contribution in [1.29, 1.82) is 0 Å². The molecule has 0 atom stereocenters. The van der Waals surface area contributed by atoms with Gasteiger partial charge >= 0.3 is 0 Å². The number of nitrogens with one attached hydrogen (secondary N) is 1. The van der Waals surface area contributed by atoms with Gasteiger partial charge in [-0.3, -0.25) is 0 Å². The van der Waals surface area contributed by atoms with E-state index in [-0.39, 0.29) is 0 Å². The van der Waals surface area contributed by atoms with Crippen molar-refractivity contribution in [3.05, 3.63) is 29.3 Å². The Labute approximate surface area is 102 Å². The van der Waals surface area contributed by atoms with Crippen molar-refractivity contribution in [3.8, 4) is 0 Å². The second-order valence-corrected chi connectivity index (χ2v) is 5.52. The Bertz CT molecular complexity index is 422. The van der Waals surface area contributed by atoms with E-state index in [1.165, 1.54) is 18.4 Å². The molecule has 2 nitrogen and oxygen atoms in total. The summed E-state index contributed by atoms with van der Waals surface area (Å²) in [5.74, 6) is 0. The maximum Gasteiger partial charge on any atom is 0.106 e. The average molecular weight is 234 g/mol. The van der Waals surface area contributed by atoms with Gasteiger partial charge in [0.05, 0.1) is 0 Å². The summed E-state index contributed by atoms with van der Waals surface area (Å²) in [6.45, 7) is 5.36. The molecule has 0 aliphatic heterocycles. The van der Waals surface area contributed by atoms with Gasteiger partial charge < -0.3 is 11.1 Å². The monoisotopic (exact) mass is 234 g/mol. The minimum Gasteiger partial charge on any atom is -0.389 e. The lowest BCUT2D eigenvalue weighted by molar-refractivity contribution is 0.611. The summed E-state index contributed by atoms with van der Waals surface area (Å²) in [5.41, 5.74) is 9.42. The van der Waals surface area contributed by atoms with E-state index in [1.807, 2.05) is 13.0 Å². The first kappa shape index (κ1) is 11.4. The zero-order chi connectivity index (χ0) is 11.8. The van der Waals surface area contributed by atoms with Gasteiger partial charge in [-0.05, 0) is 37.3 Å². The van der Waals surface area contributed by atoms with Crippen molar-refractivity contribution in [2.45, 2.75) is 26.7 Å². The fraction of sp³-hybridized carbons (Fsp3) is 0.462. The van der Waals surface area contributed by atoms with Gasteiger partial charge in [0, 0.05) is 17.8 Å². The highest BCUT2D eigenvalue weighted by Gasteiger charge is 2.36. The Kier molecular flexibility index (Phi) is 2.89. The Morgan fingerprint density at radius 3 is 2.75 bits per heavy atom. The molecule has 2 rings (SSSR count). The summed E-state index contributed by atoms with van der Waals surface area (Å²) in [6, 6.07) is 6.19. The predicted octanol–water partition coefficient (Wildman–Crippen LogP) is 2.84. The summed E-state index contributed by atoms with van der Waals surface area (Å²) in [4.78, 5) is 0.465. The SMILES string of the molecule is Cc1ccc(NCC2(C)CC2)c(C(N)=S)c1. The average Bonchev–Trinajstić information content (AvgIpc) is 2.95. The smallest absolute Gasteiger partial charge is 0.106 e. The Hall–Kier alpha value is -1.09. The Balaban J connectivity index is 2.15. The third-order valence-corrected chi connectivity index (χ3v) is 3.47. The van der Waals surface area contributed by atoms with Crippen LogP contribution in [-0.4, -0.2) is 11.5 Å². The van der Waals surface area contributed by atoms with Crippen LogP contribution in [0, 0.1) is 12.3 Å². The Morgan fingerprint density at radius 2 is 2.19 bits per heavy atom. The van der Waals surface area contributed by atoms with Gasteiger partial charge in [0.15, 0.2) is 0 Å². The number of hydrogen-bond donors (Lipinski definition) is 2. The van der Waals surface area contributed by atoms with Crippen molar-refractivity contribution in [2.75, 3.05) is 11.9 Å². The van der Waals surface area contributed by atoms with Crippen molar-refractivity contribution in [2.24, 2.45) is 11.1 Å². The molecule has 1 aromatic carbocycles. The van der Waals surface area contributed by atoms with Crippen molar-refractivity contribution in [3.63, 3.8) is 0 Å². The van der Waals surface area contributed by atoms with Crippen LogP contribution in [0.25, 0.3) is 0 Å². The summed E-state index contributed by atoms with van der Waals surface area (Å²) in [5, 5.41) is 3.46. The molecule has 3 N–H and O–H groups in total. The van der Waals surface area contributed by atoms with Gasteiger partial charge in [-0.1, -0.05) is 30.8 Å². The molecule has 1 aromatic rings. The second kappa shape index (κ2) is 4.06. The highest BCUT2D eigenvalue weighted by Crippen LogP contribution is 2.44. The van der Waals surface area contributed by atoms with Crippen molar-refractivity contribution >= 4 is 22.9 Å². The fourth-order valence-corrected chi connectivity index (χ4v) is 1.88. The van der Waals surface area contributed by atoms with Crippen LogP contribution in [0.1, 0.15) is 30.9 Å². The lowest BCUT2D eigenvalue weighted by atomic mass is 10.1. The first-order valence-electron chi connectivity index (χ1n) is 5.65. The van der Waals surface area contributed by atoms with Crippen LogP contribution in [0.15, 0.2) is 18.2 Å². The molecule has 0 aromatic heterocycles. The van der Waals surface area contributed by atoms with Gasteiger partial charge in [-0.15, -0.1) is 0 Å². The summed E-state index contributed by atoms with van der Waals surface area (Å²) < 4.78 is 0. The quantitative estimate of drug-likeness (QED) is 0.787. The number of benzene rings is 1. The summed E-state index contributed by atoms with van der Waals surface area (Å²) in [7, 11) is 0. The Morgan fingerprint density at radius 1 is 1.50 bits per heavy atom. The van der Waals surface area contributed by atoms with E-state index in [1.54, 1.807) is 0 Å². The molecule has 0 heterocycles. The number of nitrogens with two attached hydrogens (primary N) is 1. The molecule has 16 heavy (non-hydrogen) atoms. The number of rotatable bonds is 4. The van der Waals surface area contributed by atoms with Crippen LogP contribution in [0.2, 0.25) is 0 Å². The minimum atomic E-state index is 0.465. The zero-order valence-corrected chi connectivity index (χ0v) is 10.7. The van der Waals surface area contributed by atoms with E-state index in [2.05, 4.69) is 24.4 Å². The molecule has 0 amide bonds. The van der Waals surface area contributed by atoms with E-state index >= 15 is 0 Å². The molecular weight excluding hydrogens is 216 g/mol. The third-order valence-electron chi connectivity index (χ3n) is 3.25. The lowest BCUT2D eigenvalue weighted by Gasteiger charge is -2.15. The molecule has 1 aliphatic carbocycles. The van der Waals surface area contributed by atoms with E-state index < -0.39 is 0 Å². The van der Waals surface area contributed by atoms with E-state index in [4.69, 9.17) is 18.0 Å². The summed E-state index contributed by atoms with van der Waals surface area (Å²) in [6.07, 6.45) is 2.63. The van der Waals surface area contributed by atoms with E-state index in [9.17, 15) is 0 Å². The number of thiocarbonyl (C=S) groups is 1. The largest absolute Gasteiger partial charge is 0.389 e. The molecule has 0 unspecified atom stereocenters. The highest BCUT2D eigenvalue weighted by molar-refractivity contribution is 7.80. The normalized spacial score (nSPS) is 16.9. The number of anilines is 1. The predicted molar refractivity (Wildman–Crippen MR) is 72.9 cm³/mol. The van der Waals surface area contributed by atoms with Gasteiger partial charge in [-0.25, -0.2) is 0 Å². The number of hydrogen-bond acceptors (Lipinski definition) is 2. The van der Waals surface area contributed by atoms with Crippen LogP contribution in [0.3, 0.4) is 0 Å². The molecule has 0 bridgehead atoms. The molecular formula is C13H18N2S. The first-order valence-corrected chi connectivity index (χ1v) is 6.05. The van der Waals surface area contributed by atoms with Gasteiger partial charge in [-0.2, -0.15) is 0 Å². The van der Waals surface area contributed by atoms with Crippen LogP contribution < -0.4 is 11.1 Å². The fourth-order valence-electron chi connectivity index (χ4n) is 1.71. The molecule has 1 fully saturated rings. The molecule has 0 radical (unpaired) electrons. The van der Waals surface area contributed by atoms with Crippen molar-refractivity contribution < 1.29 is 0 Å². The molecule has 3 heteroatoms. The molecule has 0 saturated heterocycles. The molecule has 1 saturated carbocycles. The van der Waals surface area contributed by atoms with Crippen molar-refractivity contribution in [1.82, 2.24) is 0 Å². The topological polar surface area (TPSA) is 38.0 Å². The van der Waals surface area contributed by atoms with Gasteiger partial charge in [0.2, 0.25) is 0 Å². The van der Waals surface area contributed by atoms with E-state index in [0.29, 0.717) is 10.4 Å². The lowest BCUT2D eigenvalue weighted by Crippen LogP contribution is -2.17. The standard InChI is InChI=1S/C13H18N2S/c1-9-3-4-11(10(7-9)12(14)16)15-8-13(2)5-6-13/h3-4,7,15H,5-6,8H2,1-2H3,(H2,14,16). The second-order valence-electron chi connectivity index (χ2n) is 5.08. The van der Waals surface area contributed by atoms with E-state index in [0.717, 1.165) is 17.8 Å². The summed E-state index contributed by atoms with van der Waals surface area (Å²) >= 11 is 5.07.